The van der Waals surface area contributed by atoms with Gasteiger partial charge in [0.05, 0.1) is 117 Å². The lowest BCUT2D eigenvalue weighted by Crippen LogP contribution is -2.50. The number of aliphatic carboxylic acids is 2. The summed E-state index contributed by atoms with van der Waals surface area (Å²) in [5.41, 5.74) is 15.8. The van der Waals surface area contributed by atoms with Gasteiger partial charge in [0.1, 0.15) is 5.82 Å². The number of amides is 3. The zero-order chi connectivity index (χ0) is 85.4. The second kappa shape index (κ2) is 42.5. The Hall–Kier alpha value is -11.6. The minimum absolute atomic E-state index is 0.0371. The molecule has 10 heterocycles. The Labute approximate surface area is 702 Å². The number of hydrogen-bond donors (Lipinski definition) is 4. The molecule has 3 atom stereocenters. The number of hydrazine groups is 2. The number of benzene rings is 4. The molecule has 3 aliphatic rings. The van der Waals surface area contributed by atoms with E-state index in [9.17, 15) is 50.3 Å². The van der Waals surface area contributed by atoms with E-state index in [4.69, 9.17) is 16.1 Å². The highest BCUT2D eigenvalue weighted by molar-refractivity contribution is 14.1. The average Bonchev–Trinajstić information content (AvgIpc) is 1.33. The van der Waals surface area contributed by atoms with Crippen molar-refractivity contribution in [3.8, 4) is 17.1 Å². The summed E-state index contributed by atoms with van der Waals surface area (Å²) in [6.45, 7) is 17.4. The lowest BCUT2D eigenvalue weighted by Gasteiger charge is -2.32. The van der Waals surface area contributed by atoms with E-state index in [0.717, 1.165) is 135 Å². The van der Waals surface area contributed by atoms with Crippen LogP contribution in [0.15, 0.2) is 183 Å². The number of nitrogens with two attached hydrogens (primary N) is 1. The van der Waals surface area contributed by atoms with Gasteiger partial charge in [0.15, 0.2) is 5.82 Å². The summed E-state index contributed by atoms with van der Waals surface area (Å²) in [4.78, 5) is 88.8. The number of imidazole rings is 3. The zero-order valence-electron chi connectivity index (χ0n) is 66.4. The monoisotopic (exact) mass is 1790 g/mol. The smallest absolute Gasteiger partial charge is 0.416 e. The Morgan fingerprint density at radius 2 is 0.975 bits per heavy atom. The topological polar surface area (TPSA) is 293 Å². The summed E-state index contributed by atoms with van der Waals surface area (Å²) >= 11 is 5.66. The van der Waals surface area contributed by atoms with Crippen LogP contribution in [-0.4, -0.2) is 131 Å². The Balaban J connectivity index is 0.000000173. The molecule has 618 valence electrons. The van der Waals surface area contributed by atoms with Crippen molar-refractivity contribution in [2.45, 2.75) is 143 Å². The molecule has 0 bridgehead atoms. The van der Waals surface area contributed by atoms with Crippen LogP contribution in [0.3, 0.4) is 0 Å². The molecule has 31 heteroatoms. The fraction of sp³-hybridized carbons (Fsp3) is 0.299. The lowest BCUT2D eigenvalue weighted by molar-refractivity contribution is -0.143. The highest BCUT2D eigenvalue weighted by Gasteiger charge is 2.38. The van der Waals surface area contributed by atoms with Crippen molar-refractivity contribution < 1.29 is 60.5 Å². The van der Waals surface area contributed by atoms with Gasteiger partial charge < -0.3 is 23.9 Å². The van der Waals surface area contributed by atoms with E-state index in [1.807, 2.05) is 173 Å². The van der Waals surface area contributed by atoms with E-state index in [0.29, 0.717) is 49.1 Å². The van der Waals surface area contributed by atoms with Gasteiger partial charge in [0.2, 0.25) is 11.8 Å². The second-order valence-corrected chi connectivity index (χ2v) is 29.9. The number of nitrogens with one attached hydrogen (secondary N) is 1. The molecule has 11 aromatic rings. The first-order chi connectivity index (χ1) is 56.3. The van der Waals surface area contributed by atoms with Gasteiger partial charge in [-0.3, -0.25) is 49.6 Å². The molecule has 4 aromatic carbocycles. The fourth-order valence-corrected chi connectivity index (χ4v) is 15.2. The summed E-state index contributed by atoms with van der Waals surface area (Å²) in [6.07, 6.45) is 16.8. The van der Waals surface area contributed by atoms with Gasteiger partial charge in [0.25, 0.3) is 5.91 Å². The number of carboxylic acid groups (broad SMARTS) is 2. The van der Waals surface area contributed by atoms with Gasteiger partial charge in [-0.15, -0.1) is 0 Å². The normalized spacial score (nSPS) is 15.3. The number of alkyl halides is 8. The van der Waals surface area contributed by atoms with E-state index in [1.165, 1.54) is 56.8 Å². The molecule has 7 aromatic heterocycles. The quantitative estimate of drug-likeness (QED) is 0.0164. The molecule has 14 rings (SSSR count). The van der Waals surface area contributed by atoms with Gasteiger partial charge >= 0.3 is 24.3 Å². The number of carboxylic acids is 2. The maximum Gasteiger partial charge on any atom is 0.416 e. The number of pyridine rings is 3. The van der Waals surface area contributed by atoms with Crippen LogP contribution in [0.5, 0.6) is 0 Å². The van der Waals surface area contributed by atoms with E-state index in [1.54, 1.807) is 54.0 Å². The Kier molecular flexibility index (Phi) is 32.6. The van der Waals surface area contributed by atoms with Crippen molar-refractivity contribution in [1.82, 2.24) is 73.8 Å². The number of piperidine rings is 2. The minimum atomic E-state index is -4.49. The molecule has 5 N–H and O–H groups in total. The molecule has 23 nitrogen and oxygen atoms in total. The van der Waals surface area contributed by atoms with Crippen molar-refractivity contribution in [2.24, 2.45) is 5.84 Å². The van der Waals surface area contributed by atoms with Gasteiger partial charge in [-0.2, -0.15) is 31.4 Å². The van der Waals surface area contributed by atoms with Crippen LogP contribution in [0, 0.1) is 55.4 Å². The molecule has 0 aliphatic carbocycles. The van der Waals surface area contributed by atoms with E-state index in [-0.39, 0.29) is 40.7 Å². The van der Waals surface area contributed by atoms with Crippen LogP contribution in [0.2, 0.25) is 0 Å². The van der Waals surface area contributed by atoms with Gasteiger partial charge in [-0.1, -0.05) is 123 Å². The van der Waals surface area contributed by atoms with Gasteiger partial charge in [-0.05, 0) is 207 Å². The maximum atomic E-state index is 13.6. The fourth-order valence-electron chi connectivity index (χ4n) is 13.5. The first-order valence-electron chi connectivity index (χ1n) is 37.9. The van der Waals surface area contributed by atoms with Gasteiger partial charge in [-0.25, -0.2) is 35.3 Å². The Bertz CT molecular complexity index is 5380. The van der Waals surface area contributed by atoms with Crippen molar-refractivity contribution in [3.05, 3.63) is 291 Å². The standard InChI is InChI=1S/C25H23F3N6.C25H27N5O2.C13H13N3O2.C12H16N2O.C9H7F3O2.C3H6BrI/c1-16-14-33(15-29-16)22-11-9-18(30-17(22)2)10-12-23-31-24-20(7-5-13-34(24)32-23)19-6-3-4-8-21(19)25(26,27)28;1-17-7-4-5-8-21(17)22-9-6-14-30(25(22)32)28-24(31)13-11-20-10-12-23(19(3)27-20)29-15-18(2)26-16-29;1-9-7-16(8-14-9)12-5-3-11(15-10(12)2)4-6-13(17)18;1-9-5-2-3-6-10(9)11-7-4-8-14(13)12(11)15;10-9(11,12)7-4-2-1-3-6(7)5-8(13)14;4-2-1-3-5/h3-4,6,8-12,14-15,20H,5,7,13H2,1-2H3;4-5,7-8,10-13,15-16,22H,6,9,14H2,1-3H3,(H,28,31);3-8H,1-2H3,(H,17,18);2-3,5-6,11H,4,7-8,13H2,1H3;1-4H,5H2,(H,13,14);1-3H2/b12-10+;13-11+;6-4+;;;. The van der Waals surface area contributed by atoms with E-state index in [2.05, 4.69) is 83.9 Å². The SMILES string of the molecule is BrCCCI.Cc1ccccc1C1CCCN(N)C1=O.Cc1cn(-c2ccc(/C=C/C(=O)NN3CCCC(c4ccccc4C)C3=O)nc2C)cn1.Cc1cn(-c2ccc(/C=C/C(=O)O)nc2C)cn1.Cc1cn(-c2ccc(/C=C/c3nc4n(n3)CCCC4c3ccccc3C(F)(F)F)nc2C)cn1.O=C(O)Cc1ccccc1C(F)(F)F. The van der Waals surface area contributed by atoms with Crippen molar-refractivity contribution in [2.75, 3.05) is 22.8 Å². The number of aromatic nitrogens is 12. The Morgan fingerprint density at radius 1 is 0.534 bits per heavy atom. The van der Waals surface area contributed by atoms with E-state index >= 15 is 0 Å². The molecule has 0 saturated carbocycles. The number of halogens is 8. The summed E-state index contributed by atoms with van der Waals surface area (Å²) in [6, 6.07) is 37.7. The number of nitrogens with zero attached hydrogens (tertiary/aromatic N) is 14. The van der Waals surface area contributed by atoms with Gasteiger partial charge in [0, 0.05) is 66.1 Å². The van der Waals surface area contributed by atoms with Crippen molar-refractivity contribution >= 4 is 92.5 Å². The summed E-state index contributed by atoms with van der Waals surface area (Å²) in [5, 5.41) is 25.4. The highest BCUT2D eigenvalue weighted by Crippen LogP contribution is 2.41. The number of carbonyl (C=O) groups excluding carboxylic acids is 3. The third-order valence-corrected chi connectivity index (χ3v) is 20.5. The molecule has 118 heavy (non-hydrogen) atoms. The number of carbonyl (C=O) groups is 5. The first-order valence-corrected chi connectivity index (χ1v) is 40.6. The van der Waals surface area contributed by atoms with Crippen LogP contribution in [0.1, 0.15) is 170 Å². The number of rotatable bonds is 17. The van der Waals surface area contributed by atoms with Crippen LogP contribution >= 0.6 is 38.5 Å². The van der Waals surface area contributed by atoms with Crippen LogP contribution in [0.4, 0.5) is 26.3 Å². The maximum absolute atomic E-state index is 13.6. The van der Waals surface area contributed by atoms with Crippen molar-refractivity contribution in [1.29, 1.82) is 0 Å². The molecule has 3 amide bonds. The average molecular weight is 1790 g/mol. The molecule has 0 radical (unpaired) electrons. The third-order valence-electron chi connectivity index (χ3n) is 19.2. The van der Waals surface area contributed by atoms with E-state index < -0.39 is 47.8 Å². The third kappa shape index (κ3) is 25.5. The molecule has 0 spiro atoms. The predicted molar refractivity (Wildman–Crippen MR) is 452 cm³/mol. The summed E-state index contributed by atoms with van der Waals surface area (Å²) in [5.74, 6) is 3.33. The molecular formula is C87H92BrF6IN16O7. The highest BCUT2D eigenvalue weighted by atomic mass is 127. The van der Waals surface area contributed by atoms with Crippen LogP contribution < -0.4 is 11.3 Å². The Morgan fingerprint density at radius 3 is 1.42 bits per heavy atom. The molecule has 3 unspecified atom stereocenters. The number of fused-ring (bicyclic) bond motifs is 1. The first kappa shape index (κ1) is 90.3. The lowest BCUT2D eigenvalue weighted by atomic mass is 9.88. The van der Waals surface area contributed by atoms with Crippen LogP contribution in [-0.2, 0) is 49.3 Å². The summed E-state index contributed by atoms with van der Waals surface area (Å²) in [7, 11) is 0. The zero-order valence-corrected chi connectivity index (χ0v) is 70.1. The largest absolute Gasteiger partial charge is 0.481 e. The van der Waals surface area contributed by atoms with Crippen LogP contribution in [0.25, 0.3) is 41.4 Å². The predicted octanol–water partition coefficient (Wildman–Crippen LogP) is 17.3. The number of aryl methyl sites for hydroxylation is 9. The molecule has 3 aliphatic heterocycles. The number of hydrogen-bond acceptors (Lipinski definition) is 14. The van der Waals surface area contributed by atoms with Crippen molar-refractivity contribution in [3.63, 3.8) is 0 Å². The summed E-state index contributed by atoms with van der Waals surface area (Å²) < 4.78 is 86.4. The molecular weight excluding hydrogens is 1700 g/mol. The molecule has 2 saturated heterocycles. The second-order valence-electron chi connectivity index (χ2n) is 28.0. The minimum Gasteiger partial charge on any atom is -0.481 e. The molecule has 2 fully saturated rings.